The van der Waals surface area contributed by atoms with Crippen LogP contribution in [-0.4, -0.2) is 4.98 Å². The van der Waals surface area contributed by atoms with Gasteiger partial charge < -0.3 is 4.98 Å². The summed E-state index contributed by atoms with van der Waals surface area (Å²) in [6, 6.07) is 15.8. The smallest absolute Gasteiger partial charge is 0.0160 e. The number of hydrogen-bond donors (Lipinski definition) is 0. The zero-order chi connectivity index (χ0) is 13.0. The van der Waals surface area contributed by atoms with Crippen LogP contribution in [-0.2, 0) is 25.5 Å². The van der Waals surface area contributed by atoms with Gasteiger partial charge >= 0.3 is 0 Å². The third-order valence-electron chi connectivity index (χ3n) is 4.01. The van der Waals surface area contributed by atoms with Crippen molar-refractivity contribution in [3.8, 4) is 11.3 Å². The van der Waals surface area contributed by atoms with Crippen LogP contribution in [0.2, 0.25) is 0 Å². The maximum atomic E-state index is 4.35. The van der Waals surface area contributed by atoms with Crippen LogP contribution in [0.1, 0.15) is 39.2 Å². The van der Waals surface area contributed by atoms with Crippen molar-refractivity contribution < 1.29 is 20.1 Å². The SMILES string of the molecule is CCC(C)(CC)c1c[c-]c(-c2ccccn2)cc1.[Ir]. The van der Waals surface area contributed by atoms with Crippen molar-refractivity contribution in [2.75, 3.05) is 0 Å². The molecule has 1 nitrogen and oxygen atoms in total. The largest absolute Gasteiger partial charge is 0.305 e. The van der Waals surface area contributed by atoms with E-state index in [1.54, 1.807) is 0 Å². The molecule has 0 aliphatic rings. The van der Waals surface area contributed by atoms with Gasteiger partial charge in [0.05, 0.1) is 0 Å². The maximum absolute atomic E-state index is 4.35. The Morgan fingerprint density at radius 1 is 1.11 bits per heavy atom. The van der Waals surface area contributed by atoms with Crippen molar-refractivity contribution in [1.29, 1.82) is 0 Å². The summed E-state index contributed by atoms with van der Waals surface area (Å²) in [5.41, 5.74) is 3.68. The van der Waals surface area contributed by atoms with Crippen LogP contribution in [0.5, 0.6) is 0 Å². The zero-order valence-corrected chi connectivity index (χ0v) is 14.1. The van der Waals surface area contributed by atoms with E-state index in [4.69, 9.17) is 0 Å². The van der Waals surface area contributed by atoms with E-state index < -0.39 is 0 Å². The summed E-state index contributed by atoms with van der Waals surface area (Å²) >= 11 is 0. The molecule has 103 valence electrons. The molecular formula is C17H20IrN-. The average molecular weight is 431 g/mol. The molecule has 0 fully saturated rings. The van der Waals surface area contributed by atoms with Gasteiger partial charge in [-0.15, -0.1) is 35.4 Å². The summed E-state index contributed by atoms with van der Waals surface area (Å²) in [7, 11) is 0. The molecule has 2 heteroatoms. The normalized spacial score (nSPS) is 10.9. The van der Waals surface area contributed by atoms with E-state index in [2.05, 4.69) is 50.0 Å². The second-order valence-corrected chi connectivity index (χ2v) is 4.97. The van der Waals surface area contributed by atoms with E-state index in [-0.39, 0.29) is 25.5 Å². The standard InChI is InChI=1S/C17H20N.Ir/c1-4-17(3,5-2)15-11-9-14(10-12-15)16-8-6-7-13-18-16;/h6-9,11-13H,4-5H2,1-3H3;/q-1;. The predicted molar refractivity (Wildman–Crippen MR) is 76.4 cm³/mol. The van der Waals surface area contributed by atoms with Crippen LogP contribution in [0.4, 0.5) is 0 Å². The number of nitrogens with zero attached hydrogens (tertiary/aromatic N) is 1. The van der Waals surface area contributed by atoms with Gasteiger partial charge in [0, 0.05) is 26.3 Å². The van der Waals surface area contributed by atoms with E-state index in [0.29, 0.717) is 0 Å². The fourth-order valence-electron chi connectivity index (χ4n) is 2.14. The molecule has 1 heterocycles. The number of aromatic nitrogens is 1. The molecule has 0 unspecified atom stereocenters. The number of pyridine rings is 1. The molecule has 0 saturated heterocycles. The molecule has 1 aromatic heterocycles. The Labute approximate surface area is 129 Å². The maximum Gasteiger partial charge on any atom is 0.0160 e. The van der Waals surface area contributed by atoms with Crippen LogP contribution >= 0.6 is 0 Å². The molecule has 2 aromatic rings. The van der Waals surface area contributed by atoms with Gasteiger partial charge in [-0.1, -0.05) is 45.7 Å². The fourth-order valence-corrected chi connectivity index (χ4v) is 2.14. The summed E-state index contributed by atoms with van der Waals surface area (Å²) in [6.45, 7) is 6.81. The molecule has 0 saturated carbocycles. The van der Waals surface area contributed by atoms with Gasteiger partial charge in [-0.2, -0.15) is 0 Å². The first kappa shape index (κ1) is 16.1. The van der Waals surface area contributed by atoms with Crippen molar-refractivity contribution in [2.45, 2.75) is 39.0 Å². The van der Waals surface area contributed by atoms with Gasteiger partial charge in [0.15, 0.2) is 0 Å². The van der Waals surface area contributed by atoms with Crippen molar-refractivity contribution in [2.24, 2.45) is 0 Å². The Morgan fingerprint density at radius 2 is 1.84 bits per heavy atom. The third kappa shape index (κ3) is 3.52. The van der Waals surface area contributed by atoms with Gasteiger partial charge in [-0.25, -0.2) is 0 Å². The Hall–Kier alpha value is -0.981. The minimum Gasteiger partial charge on any atom is -0.305 e. The van der Waals surface area contributed by atoms with Crippen LogP contribution in [0.15, 0.2) is 42.6 Å². The Kier molecular flexibility index (Phi) is 5.90. The molecule has 1 aromatic carbocycles. The van der Waals surface area contributed by atoms with E-state index in [9.17, 15) is 0 Å². The average Bonchev–Trinajstić information content (AvgIpc) is 2.47. The molecule has 0 amide bonds. The third-order valence-corrected chi connectivity index (χ3v) is 4.01. The van der Waals surface area contributed by atoms with Gasteiger partial charge in [0.1, 0.15) is 0 Å². The number of hydrogen-bond acceptors (Lipinski definition) is 1. The molecule has 0 spiro atoms. The molecule has 19 heavy (non-hydrogen) atoms. The first-order valence-electron chi connectivity index (χ1n) is 6.63. The van der Waals surface area contributed by atoms with Crippen LogP contribution < -0.4 is 0 Å². The summed E-state index contributed by atoms with van der Waals surface area (Å²) in [4.78, 5) is 4.35. The Balaban J connectivity index is 0.00000180. The zero-order valence-electron chi connectivity index (χ0n) is 11.7. The Morgan fingerprint density at radius 3 is 2.32 bits per heavy atom. The van der Waals surface area contributed by atoms with Gasteiger partial charge in [0.25, 0.3) is 0 Å². The first-order valence-corrected chi connectivity index (χ1v) is 6.63. The minimum absolute atomic E-state index is 0. The first-order chi connectivity index (χ1) is 8.69. The molecule has 0 bridgehead atoms. The van der Waals surface area contributed by atoms with Gasteiger partial charge in [-0.3, -0.25) is 0 Å². The molecular weight excluding hydrogens is 410 g/mol. The van der Waals surface area contributed by atoms with Crippen molar-refractivity contribution in [1.82, 2.24) is 4.98 Å². The fraction of sp³-hybridized carbons (Fsp3) is 0.353. The molecule has 1 radical (unpaired) electrons. The second-order valence-electron chi connectivity index (χ2n) is 4.97. The predicted octanol–water partition coefficient (Wildman–Crippen LogP) is 4.62. The van der Waals surface area contributed by atoms with E-state index in [0.717, 1.165) is 24.1 Å². The summed E-state index contributed by atoms with van der Waals surface area (Å²) in [6.07, 6.45) is 4.12. The molecule has 2 rings (SSSR count). The van der Waals surface area contributed by atoms with E-state index in [1.807, 2.05) is 24.4 Å². The summed E-state index contributed by atoms with van der Waals surface area (Å²) in [5.74, 6) is 0. The monoisotopic (exact) mass is 431 g/mol. The quantitative estimate of drug-likeness (QED) is 0.645. The topological polar surface area (TPSA) is 12.9 Å². The second kappa shape index (κ2) is 6.98. The van der Waals surface area contributed by atoms with E-state index in [1.165, 1.54) is 5.56 Å². The minimum atomic E-state index is 0. The molecule has 0 atom stereocenters. The molecule has 0 aliphatic carbocycles. The van der Waals surface area contributed by atoms with E-state index >= 15 is 0 Å². The van der Waals surface area contributed by atoms with Crippen LogP contribution in [0.3, 0.4) is 0 Å². The number of benzene rings is 1. The van der Waals surface area contributed by atoms with Crippen LogP contribution in [0.25, 0.3) is 11.3 Å². The van der Waals surface area contributed by atoms with Crippen LogP contribution in [0, 0.1) is 6.07 Å². The summed E-state index contributed by atoms with van der Waals surface area (Å²) in [5, 5.41) is 0. The van der Waals surface area contributed by atoms with Crippen molar-refractivity contribution in [3.63, 3.8) is 0 Å². The van der Waals surface area contributed by atoms with Gasteiger partial charge in [0.2, 0.25) is 0 Å². The molecule has 0 N–H and O–H groups in total. The van der Waals surface area contributed by atoms with Gasteiger partial charge in [-0.05, 0) is 17.2 Å². The number of rotatable bonds is 4. The van der Waals surface area contributed by atoms with Crippen molar-refractivity contribution >= 4 is 0 Å². The molecule has 0 aliphatic heterocycles. The van der Waals surface area contributed by atoms with Crippen molar-refractivity contribution in [3.05, 3.63) is 54.2 Å². The Bertz CT molecular complexity index is 486. The summed E-state index contributed by atoms with van der Waals surface area (Å²) < 4.78 is 0.